The molecule has 0 saturated carbocycles. The summed E-state index contributed by atoms with van der Waals surface area (Å²) in [4.78, 5) is 11.8. The number of aromatic nitrogens is 1. The molecule has 1 aliphatic rings. The van der Waals surface area contributed by atoms with Crippen LogP contribution in [0.1, 0.15) is 49.1 Å². The minimum atomic E-state index is 0.114. The highest BCUT2D eigenvalue weighted by Gasteiger charge is 2.10. The van der Waals surface area contributed by atoms with Crippen LogP contribution in [0.4, 0.5) is 0 Å². The predicted octanol–water partition coefficient (Wildman–Crippen LogP) is 3.53. The maximum absolute atomic E-state index is 11.8. The Morgan fingerprint density at radius 1 is 1.43 bits per heavy atom. The lowest BCUT2D eigenvalue weighted by atomic mass is 9.97. The molecule has 5 heteroatoms. The Morgan fingerprint density at radius 3 is 2.95 bits per heavy atom. The van der Waals surface area contributed by atoms with Crippen molar-refractivity contribution in [1.29, 1.82) is 0 Å². The van der Waals surface area contributed by atoms with Crippen LogP contribution in [-0.2, 0) is 10.5 Å². The minimum absolute atomic E-state index is 0.114. The van der Waals surface area contributed by atoms with E-state index in [1.807, 2.05) is 13.8 Å². The summed E-state index contributed by atoms with van der Waals surface area (Å²) < 4.78 is 5.11. The van der Waals surface area contributed by atoms with Gasteiger partial charge in [-0.1, -0.05) is 16.8 Å². The summed E-state index contributed by atoms with van der Waals surface area (Å²) in [5.41, 5.74) is 3.54. The zero-order valence-electron chi connectivity index (χ0n) is 12.9. The highest BCUT2D eigenvalue weighted by atomic mass is 32.2. The van der Waals surface area contributed by atoms with Gasteiger partial charge >= 0.3 is 0 Å². The van der Waals surface area contributed by atoms with Crippen molar-refractivity contribution in [3.63, 3.8) is 0 Å². The van der Waals surface area contributed by atoms with Gasteiger partial charge in [0.15, 0.2) is 0 Å². The molecule has 2 rings (SSSR count). The quantitative estimate of drug-likeness (QED) is 0.783. The Bertz CT molecular complexity index is 489. The Morgan fingerprint density at radius 2 is 2.29 bits per heavy atom. The number of aryl methyl sites for hydroxylation is 2. The minimum Gasteiger partial charge on any atom is -0.361 e. The Kier molecular flexibility index (Phi) is 6.36. The number of carbonyl (C=O) groups is 1. The Balaban J connectivity index is 1.60. The molecular weight excluding hydrogens is 284 g/mol. The van der Waals surface area contributed by atoms with Crippen molar-refractivity contribution < 1.29 is 9.32 Å². The van der Waals surface area contributed by atoms with E-state index in [0.29, 0.717) is 5.75 Å². The molecule has 0 aromatic carbocycles. The first-order valence-electron chi connectivity index (χ1n) is 7.61. The molecule has 0 unspecified atom stereocenters. The molecule has 1 aromatic heterocycles. The number of nitrogens with zero attached hydrogens (tertiary/aromatic N) is 1. The fourth-order valence-corrected chi connectivity index (χ4v) is 3.50. The number of nitrogens with one attached hydrogen (secondary N) is 1. The maximum atomic E-state index is 11.8. The van der Waals surface area contributed by atoms with Crippen molar-refractivity contribution in [3.05, 3.63) is 28.7 Å². The van der Waals surface area contributed by atoms with E-state index < -0.39 is 0 Å². The van der Waals surface area contributed by atoms with E-state index in [4.69, 9.17) is 4.52 Å². The second-order valence-corrected chi connectivity index (χ2v) is 6.49. The molecular formula is C16H24N2O2S. The van der Waals surface area contributed by atoms with Crippen LogP contribution in [0.3, 0.4) is 0 Å². The Labute approximate surface area is 130 Å². The molecule has 1 aromatic rings. The standard InChI is InChI=1S/C16H24N2O2S/c1-12-15(13(2)20-18-12)10-21-11-16(19)17-9-8-14-6-4-3-5-7-14/h6H,3-5,7-11H2,1-2H3,(H,17,19). The third-order valence-corrected chi connectivity index (χ3v) is 4.77. The molecule has 116 valence electrons. The number of carbonyl (C=O) groups excluding carboxylic acids is 1. The van der Waals surface area contributed by atoms with Gasteiger partial charge in [0.05, 0.1) is 11.4 Å². The van der Waals surface area contributed by atoms with Gasteiger partial charge in [-0.2, -0.15) is 0 Å². The molecule has 0 atom stereocenters. The SMILES string of the molecule is Cc1noc(C)c1CSCC(=O)NCCC1=CCCCC1. The van der Waals surface area contributed by atoms with Crippen LogP contribution in [0.15, 0.2) is 16.2 Å². The van der Waals surface area contributed by atoms with E-state index in [-0.39, 0.29) is 5.91 Å². The first-order chi connectivity index (χ1) is 10.2. The average molecular weight is 308 g/mol. The molecule has 21 heavy (non-hydrogen) atoms. The largest absolute Gasteiger partial charge is 0.361 e. The van der Waals surface area contributed by atoms with Crippen molar-refractivity contribution in [3.8, 4) is 0 Å². The van der Waals surface area contributed by atoms with E-state index in [0.717, 1.165) is 35.7 Å². The van der Waals surface area contributed by atoms with E-state index in [1.165, 1.54) is 31.3 Å². The fourth-order valence-electron chi connectivity index (χ4n) is 2.50. The molecule has 4 nitrogen and oxygen atoms in total. The number of hydrogen-bond acceptors (Lipinski definition) is 4. The van der Waals surface area contributed by atoms with Crippen LogP contribution >= 0.6 is 11.8 Å². The van der Waals surface area contributed by atoms with Crippen molar-refractivity contribution >= 4 is 17.7 Å². The number of allylic oxidation sites excluding steroid dienone is 1. The molecule has 0 saturated heterocycles. The lowest BCUT2D eigenvalue weighted by molar-refractivity contribution is -0.118. The highest BCUT2D eigenvalue weighted by molar-refractivity contribution is 7.99. The molecule has 1 aliphatic carbocycles. The summed E-state index contributed by atoms with van der Waals surface area (Å²) in [6.45, 7) is 4.61. The molecule has 1 amide bonds. The van der Waals surface area contributed by atoms with Gasteiger partial charge in [-0.15, -0.1) is 11.8 Å². The first kappa shape index (κ1) is 16.1. The van der Waals surface area contributed by atoms with E-state index in [2.05, 4.69) is 16.5 Å². The second kappa shape index (κ2) is 8.27. The number of amides is 1. The normalized spacial score (nSPS) is 14.9. The lowest BCUT2D eigenvalue weighted by Gasteiger charge is -2.12. The molecule has 1 N–H and O–H groups in total. The topological polar surface area (TPSA) is 55.1 Å². The van der Waals surface area contributed by atoms with Crippen LogP contribution in [0.5, 0.6) is 0 Å². The van der Waals surface area contributed by atoms with Crippen molar-refractivity contribution in [2.24, 2.45) is 0 Å². The maximum Gasteiger partial charge on any atom is 0.230 e. The summed E-state index contributed by atoms with van der Waals surface area (Å²) in [5.74, 6) is 2.23. The van der Waals surface area contributed by atoms with Gasteiger partial charge < -0.3 is 9.84 Å². The average Bonchev–Trinajstić information content (AvgIpc) is 2.80. The second-order valence-electron chi connectivity index (χ2n) is 5.50. The van der Waals surface area contributed by atoms with Gasteiger partial charge in [0.25, 0.3) is 0 Å². The lowest BCUT2D eigenvalue weighted by Crippen LogP contribution is -2.26. The van der Waals surface area contributed by atoms with Gasteiger partial charge in [0.1, 0.15) is 5.76 Å². The van der Waals surface area contributed by atoms with E-state index in [1.54, 1.807) is 11.8 Å². The molecule has 0 aliphatic heterocycles. The summed E-state index contributed by atoms with van der Waals surface area (Å²) in [6, 6.07) is 0. The Hall–Kier alpha value is -1.23. The number of rotatable bonds is 7. The van der Waals surface area contributed by atoms with Crippen molar-refractivity contribution in [1.82, 2.24) is 10.5 Å². The molecule has 0 fully saturated rings. The summed E-state index contributed by atoms with van der Waals surface area (Å²) >= 11 is 1.61. The van der Waals surface area contributed by atoms with Gasteiger partial charge in [-0.3, -0.25) is 4.79 Å². The number of thioether (sulfide) groups is 1. The number of hydrogen-bond donors (Lipinski definition) is 1. The summed E-state index contributed by atoms with van der Waals surface area (Å²) in [6.07, 6.45) is 8.36. The highest BCUT2D eigenvalue weighted by Crippen LogP contribution is 2.20. The van der Waals surface area contributed by atoms with Gasteiger partial charge in [-0.05, 0) is 46.0 Å². The first-order valence-corrected chi connectivity index (χ1v) is 8.76. The van der Waals surface area contributed by atoms with Crippen LogP contribution in [0, 0.1) is 13.8 Å². The summed E-state index contributed by atoms with van der Waals surface area (Å²) in [5, 5.41) is 6.92. The van der Waals surface area contributed by atoms with E-state index >= 15 is 0 Å². The predicted molar refractivity (Wildman–Crippen MR) is 86.3 cm³/mol. The van der Waals surface area contributed by atoms with Crippen LogP contribution < -0.4 is 5.32 Å². The molecule has 0 spiro atoms. The third-order valence-electron chi connectivity index (χ3n) is 3.81. The third kappa shape index (κ3) is 5.23. The van der Waals surface area contributed by atoms with Crippen LogP contribution in [0.25, 0.3) is 0 Å². The zero-order chi connectivity index (χ0) is 15.1. The molecule has 0 bridgehead atoms. The fraction of sp³-hybridized carbons (Fsp3) is 0.625. The van der Waals surface area contributed by atoms with Crippen LogP contribution in [-0.4, -0.2) is 23.4 Å². The van der Waals surface area contributed by atoms with Crippen molar-refractivity contribution in [2.75, 3.05) is 12.3 Å². The van der Waals surface area contributed by atoms with Crippen LogP contribution in [0.2, 0.25) is 0 Å². The van der Waals surface area contributed by atoms with Gasteiger partial charge in [0.2, 0.25) is 5.91 Å². The zero-order valence-corrected chi connectivity index (χ0v) is 13.7. The van der Waals surface area contributed by atoms with E-state index in [9.17, 15) is 4.79 Å². The monoisotopic (exact) mass is 308 g/mol. The molecule has 0 radical (unpaired) electrons. The molecule has 1 heterocycles. The van der Waals surface area contributed by atoms with Crippen molar-refractivity contribution in [2.45, 2.75) is 51.7 Å². The summed E-state index contributed by atoms with van der Waals surface area (Å²) in [7, 11) is 0. The van der Waals surface area contributed by atoms with Gasteiger partial charge in [-0.25, -0.2) is 0 Å². The smallest absolute Gasteiger partial charge is 0.230 e. The van der Waals surface area contributed by atoms with Gasteiger partial charge in [0, 0.05) is 17.9 Å².